The van der Waals surface area contributed by atoms with Crippen molar-refractivity contribution in [3.05, 3.63) is 95.3 Å². The lowest BCUT2D eigenvalue weighted by Gasteiger charge is -2.33. The molecule has 4 rings (SSSR count). The monoisotopic (exact) mass is 516 g/mol. The van der Waals surface area contributed by atoms with Crippen molar-refractivity contribution in [2.45, 2.75) is 51.6 Å². The molecule has 2 atom stereocenters. The molecule has 0 aliphatic carbocycles. The summed E-state index contributed by atoms with van der Waals surface area (Å²) in [6.45, 7) is 7.17. The highest BCUT2D eigenvalue weighted by molar-refractivity contribution is 6.08. The number of urea groups is 1. The second-order valence-electron chi connectivity index (χ2n) is 10.7. The van der Waals surface area contributed by atoms with E-state index in [2.05, 4.69) is 5.32 Å². The van der Waals surface area contributed by atoms with E-state index in [1.165, 1.54) is 15.9 Å². The summed E-state index contributed by atoms with van der Waals surface area (Å²) in [6.07, 6.45) is 0.0745. The van der Waals surface area contributed by atoms with Crippen LogP contribution in [0, 0.1) is 12.7 Å². The molecule has 1 aliphatic rings. The van der Waals surface area contributed by atoms with Gasteiger partial charge in [-0.2, -0.15) is 0 Å². The van der Waals surface area contributed by atoms with Gasteiger partial charge in [-0.05, 0) is 75.1 Å². The number of benzene rings is 3. The minimum atomic E-state index is -1.09. The van der Waals surface area contributed by atoms with Crippen LogP contribution in [0.2, 0.25) is 0 Å². The maximum Gasteiger partial charge on any atom is 0.320 e. The molecule has 0 saturated carbocycles. The number of hydrogen-bond acceptors (Lipinski definition) is 3. The molecule has 0 radical (unpaired) electrons. The molecule has 198 valence electrons. The number of primary amides is 1. The van der Waals surface area contributed by atoms with Crippen LogP contribution in [0.3, 0.4) is 0 Å². The van der Waals surface area contributed by atoms with Gasteiger partial charge < -0.3 is 16.0 Å². The molecule has 0 fully saturated rings. The molecule has 1 heterocycles. The first kappa shape index (κ1) is 26.9. The van der Waals surface area contributed by atoms with E-state index in [0.717, 1.165) is 5.56 Å². The summed E-state index contributed by atoms with van der Waals surface area (Å²) in [4.78, 5) is 42.9. The van der Waals surface area contributed by atoms with Crippen molar-refractivity contribution >= 4 is 29.2 Å². The van der Waals surface area contributed by atoms with Crippen molar-refractivity contribution < 1.29 is 18.8 Å². The number of nitrogens with zero attached hydrogens (tertiary/aromatic N) is 2. The Labute approximate surface area is 222 Å². The summed E-state index contributed by atoms with van der Waals surface area (Å²) in [5, 5.41) is 2.90. The van der Waals surface area contributed by atoms with Gasteiger partial charge in [0.05, 0.1) is 0 Å². The van der Waals surface area contributed by atoms with Crippen molar-refractivity contribution in [2.75, 3.05) is 16.3 Å². The number of para-hydroxylation sites is 1. The third kappa shape index (κ3) is 5.69. The first-order valence-electron chi connectivity index (χ1n) is 12.6. The van der Waals surface area contributed by atoms with Crippen LogP contribution in [-0.2, 0) is 9.59 Å². The second kappa shape index (κ2) is 10.7. The van der Waals surface area contributed by atoms with Gasteiger partial charge in [0.2, 0.25) is 5.91 Å². The molecule has 3 aromatic rings. The van der Waals surface area contributed by atoms with E-state index in [1.54, 1.807) is 48.5 Å². The third-order valence-corrected chi connectivity index (χ3v) is 6.54. The molecule has 1 aliphatic heterocycles. The van der Waals surface area contributed by atoms with Crippen molar-refractivity contribution in [1.29, 1.82) is 0 Å². The first-order valence-corrected chi connectivity index (χ1v) is 12.6. The molecule has 8 heteroatoms. The Morgan fingerprint density at radius 2 is 1.68 bits per heavy atom. The minimum absolute atomic E-state index is 0.0745. The zero-order valence-electron chi connectivity index (χ0n) is 22.1. The smallest absolute Gasteiger partial charge is 0.320 e. The summed E-state index contributed by atoms with van der Waals surface area (Å²) in [5.41, 5.74) is 8.27. The lowest BCUT2D eigenvalue weighted by molar-refractivity contribution is -0.125. The molecule has 0 spiro atoms. The zero-order chi connectivity index (χ0) is 27.6. The Balaban J connectivity index is 1.90. The summed E-state index contributed by atoms with van der Waals surface area (Å²) in [7, 11) is 0. The highest BCUT2D eigenvalue weighted by Gasteiger charge is 2.42. The molecule has 7 nitrogen and oxygen atoms in total. The molecular formula is C30H33FN4O3. The van der Waals surface area contributed by atoms with Crippen LogP contribution in [-0.4, -0.2) is 36.0 Å². The number of aryl methyl sites for hydroxylation is 1. The number of halogens is 1. The largest absolute Gasteiger partial charge is 0.351 e. The Kier molecular flexibility index (Phi) is 7.53. The van der Waals surface area contributed by atoms with Gasteiger partial charge in [-0.25, -0.2) is 9.18 Å². The topological polar surface area (TPSA) is 95.7 Å². The quantitative estimate of drug-likeness (QED) is 0.506. The van der Waals surface area contributed by atoms with Gasteiger partial charge in [0.25, 0.3) is 5.91 Å². The van der Waals surface area contributed by atoms with Crippen molar-refractivity contribution in [1.82, 2.24) is 5.32 Å². The second-order valence-corrected chi connectivity index (χ2v) is 10.7. The highest BCUT2D eigenvalue weighted by atomic mass is 19.1. The van der Waals surface area contributed by atoms with Gasteiger partial charge in [0.15, 0.2) is 0 Å². The fourth-order valence-electron chi connectivity index (χ4n) is 5.05. The molecule has 0 bridgehead atoms. The fourth-order valence-corrected chi connectivity index (χ4v) is 5.05. The average Bonchev–Trinajstić information content (AvgIpc) is 2.94. The molecule has 38 heavy (non-hydrogen) atoms. The first-order chi connectivity index (χ1) is 18.0. The number of rotatable bonds is 5. The van der Waals surface area contributed by atoms with E-state index in [9.17, 15) is 14.4 Å². The molecule has 2 unspecified atom stereocenters. The Bertz CT molecular complexity index is 1370. The van der Waals surface area contributed by atoms with Gasteiger partial charge in [0.1, 0.15) is 18.4 Å². The van der Waals surface area contributed by atoms with Crippen LogP contribution in [0.4, 0.5) is 20.6 Å². The fraction of sp³-hybridized carbons (Fsp3) is 0.300. The van der Waals surface area contributed by atoms with E-state index >= 15 is 4.39 Å². The number of nitrogens with one attached hydrogen (secondary N) is 1. The number of carbonyl (C=O) groups excluding carboxylic acids is 3. The number of fused-ring (bicyclic) bond motifs is 1. The Morgan fingerprint density at radius 3 is 2.32 bits per heavy atom. The zero-order valence-corrected chi connectivity index (χ0v) is 22.1. The normalized spacial score (nSPS) is 17.4. The van der Waals surface area contributed by atoms with E-state index < -0.39 is 35.3 Å². The lowest BCUT2D eigenvalue weighted by Crippen LogP contribution is -2.55. The number of hydrogen-bond donors (Lipinski definition) is 2. The Morgan fingerprint density at radius 1 is 1.03 bits per heavy atom. The van der Waals surface area contributed by atoms with Crippen LogP contribution < -0.4 is 20.9 Å². The van der Waals surface area contributed by atoms with Gasteiger partial charge in [-0.1, -0.05) is 48.5 Å². The summed E-state index contributed by atoms with van der Waals surface area (Å²) >= 11 is 0. The minimum Gasteiger partial charge on any atom is -0.351 e. The summed E-state index contributed by atoms with van der Waals surface area (Å²) < 4.78 is 15.2. The molecule has 0 saturated heterocycles. The molecule has 3 N–H and O–H groups in total. The van der Waals surface area contributed by atoms with Crippen molar-refractivity contribution in [2.24, 2.45) is 5.73 Å². The van der Waals surface area contributed by atoms with Gasteiger partial charge >= 0.3 is 6.03 Å². The summed E-state index contributed by atoms with van der Waals surface area (Å²) in [5.74, 6) is -1.83. The van der Waals surface area contributed by atoms with Gasteiger partial charge in [0, 0.05) is 22.8 Å². The standard InChI is InChI=1S/C30H33FN4O3/c1-19-10-9-11-20(16-19)35(29(32)38)26-17-23(21-12-5-7-14-24(21)31)22-13-6-8-15-25(22)34(28(26)37)18-27(36)33-30(2,3)4/h5-16,23,26H,17-18H2,1-4H3,(H2,32,38)(H,33,36). The Hall–Kier alpha value is -4.20. The predicted octanol–water partition coefficient (Wildman–Crippen LogP) is 4.87. The van der Waals surface area contributed by atoms with Gasteiger partial charge in [-0.3, -0.25) is 14.5 Å². The maximum atomic E-state index is 15.2. The number of nitrogens with two attached hydrogens (primary N) is 1. The number of anilines is 2. The highest BCUT2D eigenvalue weighted by Crippen LogP contribution is 2.41. The third-order valence-electron chi connectivity index (χ3n) is 6.54. The van der Waals surface area contributed by atoms with Crippen LogP contribution >= 0.6 is 0 Å². The lowest BCUT2D eigenvalue weighted by atomic mass is 9.85. The van der Waals surface area contributed by atoms with Crippen LogP contribution in [0.15, 0.2) is 72.8 Å². The molecule has 0 aromatic heterocycles. The maximum absolute atomic E-state index is 15.2. The van der Waals surface area contributed by atoms with E-state index in [-0.39, 0.29) is 18.9 Å². The summed E-state index contributed by atoms with van der Waals surface area (Å²) in [6, 6.07) is 18.8. The number of carbonyl (C=O) groups is 3. The van der Waals surface area contributed by atoms with Crippen LogP contribution in [0.1, 0.15) is 49.8 Å². The SMILES string of the molecule is Cc1cccc(N(C(N)=O)C2CC(c3ccccc3F)c3ccccc3N(CC(=O)NC(C)(C)C)C2=O)c1. The number of amides is 4. The van der Waals surface area contributed by atoms with E-state index in [0.29, 0.717) is 22.5 Å². The molecular weight excluding hydrogens is 483 g/mol. The van der Waals surface area contributed by atoms with E-state index in [1.807, 2.05) is 45.9 Å². The van der Waals surface area contributed by atoms with Crippen molar-refractivity contribution in [3.8, 4) is 0 Å². The average molecular weight is 517 g/mol. The molecule has 3 aromatic carbocycles. The van der Waals surface area contributed by atoms with Crippen LogP contribution in [0.25, 0.3) is 0 Å². The van der Waals surface area contributed by atoms with E-state index in [4.69, 9.17) is 5.73 Å². The van der Waals surface area contributed by atoms with Crippen LogP contribution in [0.5, 0.6) is 0 Å². The molecule has 4 amide bonds. The van der Waals surface area contributed by atoms with Gasteiger partial charge in [-0.15, -0.1) is 0 Å². The predicted molar refractivity (Wildman–Crippen MR) is 147 cm³/mol. The van der Waals surface area contributed by atoms with Crippen molar-refractivity contribution in [3.63, 3.8) is 0 Å².